The summed E-state index contributed by atoms with van der Waals surface area (Å²) in [5.74, 6) is 7.44. The van der Waals surface area contributed by atoms with Gasteiger partial charge >= 0.3 is 0 Å². The highest BCUT2D eigenvalue weighted by Crippen LogP contribution is 2.38. The van der Waals surface area contributed by atoms with Crippen LogP contribution in [0.5, 0.6) is 5.75 Å². The van der Waals surface area contributed by atoms with Gasteiger partial charge in [-0.25, -0.2) is 15.8 Å². The molecule has 10 heteroatoms. The van der Waals surface area contributed by atoms with E-state index in [1.807, 2.05) is 54.6 Å². The fourth-order valence-electron chi connectivity index (χ4n) is 4.32. The van der Waals surface area contributed by atoms with Gasteiger partial charge in [0.1, 0.15) is 5.75 Å². The number of hydrogen-bond acceptors (Lipinski definition) is 5. The summed E-state index contributed by atoms with van der Waals surface area (Å²) in [6.07, 6.45) is 7.74. The summed E-state index contributed by atoms with van der Waals surface area (Å²) in [6.45, 7) is 0. The van der Waals surface area contributed by atoms with E-state index >= 15 is 0 Å². The van der Waals surface area contributed by atoms with E-state index in [9.17, 15) is 0 Å². The first kappa shape index (κ1) is 27.7. The van der Waals surface area contributed by atoms with Crippen molar-refractivity contribution in [2.24, 2.45) is 11.6 Å². The van der Waals surface area contributed by atoms with Crippen molar-refractivity contribution in [1.29, 1.82) is 5.41 Å². The van der Waals surface area contributed by atoms with Crippen LogP contribution in [-0.2, 0) is 0 Å². The molecule has 0 saturated heterocycles. The Hall–Kier alpha value is -2.58. The second-order valence-electron chi connectivity index (χ2n) is 7.99. The van der Waals surface area contributed by atoms with Crippen LogP contribution < -0.4 is 16.3 Å². The molecule has 1 aliphatic carbocycles. The van der Waals surface area contributed by atoms with Crippen LogP contribution in [0.2, 0.25) is 5.02 Å². The zero-order chi connectivity index (χ0) is 22.7. The SMILES string of the molecule is COc1ccc2nc(C=Cc3ccc(Cl)cc3)nc([C@H]3CCCC[C@H]3N(N)C(=N)N)c2c1.Cl.Cl. The van der Waals surface area contributed by atoms with Crippen molar-refractivity contribution in [2.75, 3.05) is 7.11 Å². The van der Waals surface area contributed by atoms with Gasteiger partial charge < -0.3 is 10.5 Å². The first-order chi connectivity index (χ1) is 15.5. The number of nitrogens with zero attached hydrogens (tertiary/aromatic N) is 3. The molecule has 182 valence electrons. The lowest BCUT2D eigenvalue weighted by Crippen LogP contribution is -2.52. The van der Waals surface area contributed by atoms with Crippen LogP contribution in [-0.4, -0.2) is 34.1 Å². The number of nitrogens with two attached hydrogens (primary N) is 2. The van der Waals surface area contributed by atoms with E-state index in [0.717, 1.165) is 53.6 Å². The Bertz CT molecular complexity index is 1160. The van der Waals surface area contributed by atoms with Gasteiger partial charge in [0, 0.05) is 16.3 Å². The van der Waals surface area contributed by atoms with E-state index in [1.165, 1.54) is 5.01 Å². The summed E-state index contributed by atoms with van der Waals surface area (Å²) >= 11 is 5.99. The fourth-order valence-corrected chi connectivity index (χ4v) is 4.45. The van der Waals surface area contributed by atoms with Crippen molar-refractivity contribution >= 4 is 65.4 Å². The molecule has 1 aromatic heterocycles. The topological polar surface area (TPSA) is 114 Å². The minimum atomic E-state index is -0.138. The fraction of sp³-hybridized carbons (Fsp3) is 0.292. The summed E-state index contributed by atoms with van der Waals surface area (Å²) in [4.78, 5) is 9.70. The molecular weight excluding hydrogens is 495 g/mol. The molecule has 5 N–H and O–H groups in total. The van der Waals surface area contributed by atoms with Crippen molar-refractivity contribution in [2.45, 2.75) is 37.6 Å². The highest BCUT2D eigenvalue weighted by atomic mass is 35.5. The van der Waals surface area contributed by atoms with E-state index in [0.29, 0.717) is 10.8 Å². The number of guanidine groups is 1. The molecule has 2 aromatic carbocycles. The highest BCUT2D eigenvalue weighted by Gasteiger charge is 2.33. The van der Waals surface area contributed by atoms with Gasteiger partial charge in [-0.1, -0.05) is 42.7 Å². The smallest absolute Gasteiger partial charge is 0.203 e. The van der Waals surface area contributed by atoms with Crippen molar-refractivity contribution in [3.8, 4) is 5.75 Å². The van der Waals surface area contributed by atoms with Gasteiger partial charge in [-0.2, -0.15) is 0 Å². The van der Waals surface area contributed by atoms with Gasteiger partial charge in [0.2, 0.25) is 5.96 Å². The van der Waals surface area contributed by atoms with E-state index in [-0.39, 0.29) is 42.7 Å². The maximum absolute atomic E-state index is 7.84. The van der Waals surface area contributed by atoms with Crippen molar-refractivity contribution in [3.05, 3.63) is 64.6 Å². The third-order valence-electron chi connectivity index (χ3n) is 5.96. The van der Waals surface area contributed by atoms with Crippen molar-refractivity contribution in [3.63, 3.8) is 0 Å². The maximum atomic E-state index is 7.84. The van der Waals surface area contributed by atoms with Crippen LogP contribution in [0, 0.1) is 5.41 Å². The maximum Gasteiger partial charge on any atom is 0.203 e. The Morgan fingerprint density at radius 3 is 2.47 bits per heavy atom. The average Bonchev–Trinajstić information content (AvgIpc) is 2.82. The summed E-state index contributed by atoms with van der Waals surface area (Å²) in [5, 5.41) is 10.8. The number of hydrazine groups is 1. The lowest BCUT2D eigenvalue weighted by molar-refractivity contribution is 0.212. The molecule has 0 amide bonds. The molecule has 34 heavy (non-hydrogen) atoms. The number of hydrogen-bond donors (Lipinski definition) is 3. The van der Waals surface area contributed by atoms with Gasteiger partial charge in [0.05, 0.1) is 24.4 Å². The first-order valence-corrected chi connectivity index (χ1v) is 11.0. The Labute approximate surface area is 216 Å². The Morgan fingerprint density at radius 2 is 1.79 bits per heavy atom. The summed E-state index contributed by atoms with van der Waals surface area (Å²) < 4.78 is 5.45. The molecule has 0 spiro atoms. The van der Waals surface area contributed by atoms with Crippen LogP contribution in [0.1, 0.15) is 48.7 Å². The second-order valence-corrected chi connectivity index (χ2v) is 8.42. The number of methoxy groups -OCH3 is 1. The molecule has 0 bridgehead atoms. The van der Waals surface area contributed by atoms with E-state index < -0.39 is 0 Å². The van der Waals surface area contributed by atoms with Gasteiger partial charge in [-0.3, -0.25) is 10.4 Å². The zero-order valence-electron chi connectivity index (χ0n) is 18.8. The number of ether oxygens (including phenoxy) is 1. The van der Waals surface area contributed by atoms with Crippen LogP contribution in [0.3, 0.4) is 0 Å². The van der Waals surface area contributed by atoms with Crippen LogP contribution in [0.25, 0.3) is 23.1 Å². The third kappa shape index (κ3) is 6.10. The van der Waals surface area contributed by atoms with Crippen LogP contribution in [0.4, 0.5) is 0 Å². The quantitative estimate of drug-likeness (QED) is 0.178. The molecule has 2 atom stereocenters. The standard InChI is InChI=1S/C24H27ClN6O.2ClH/c1-32-17-11-12-20-19(14-17)23(18-4-2-3-5-21(18)31(28)24(26)27)30-22(29-20)13-8-15-6-9-16(25)10-7-15;;/h6-14,18,21H,2-5,28H2,1H3,(H3,26,27);2*1H/t18-,21+;;/m0../s1. The Kier molecular flexibility index (Phi) is 9.94. The van der Waals surface area contributed by atoms with E-state index in [2.05, 4.69) is 0 Å². The minimum absolute atomic E-state index is 0. The van der Waals surface area contributed by atoms with Crippen LogP contribution in [0.15, 0.2) is 42.5 Å². The van der Waals surface area contributed by atoms with E-state index in [1.54, 1.807) is 7.11 Å². The molecular formula is C24H29Cl3N6O. The largest absolute Gasteiger partial charge is 0.497 e. The monoisotopic (exact) mass is 522 g/mol. The zero-order valence-corrected chi connectivity index (χ0v) is 21.2. The van der Waals surface area contributed by atoms with E-state index in [4.69, 9.17) is 43.3 Å². The molecule has 0 radical (unpaired) electrons. The number of fused-ring (bicyclic) bond motifs is 1. The first-order valence-electron chi connectivity index (χ1n) is 10.6. The predicted molar refractivity (Wildman–Crippen MR) is 144 cm³/mol. The molecule has 4 rings (SSSR count). The molecule has 1 saturated carbocycles. The lowest BCUT2D eigenvalue weighted by Gasteiger charge is -2.37. The van der Waals surface area contributed by atoms with Gasteiger partial charge in [0.15, 0.2) is 5.82 Å². The second kappa shape index (κ2) is 12.2. The molecule has 1 heterocycles. The normalized spacial score (nSPS) is 17.6. The lowest BCUT2D eigenvalue weighted by atomic mass is 9.80. The average molecular weight is 524 g/mol. The number of benzene rings is 2. The minimum Gasteiger partial charge on any atom is -0.497 e. The number of nitrogens with one attached hydrogen (secondary N) is 1. The molecule has 7 nitrogen and oxygen atoms in total. The van der Waals surface area contributed by atoms with Crippen LogP contribution >= 0.6 is 36.4 Å². The molecule has 3 aromatic rings. The van der Waals surface area contributed by atoms with Crippen molar-refractivity contribution in [1.82, 2.24) is 15.0 Å². The molecule has 1 fully saturated rings. The third-order valence-corrected chi connectivity index (χ3v) is 6.21. The molecule has 1 aliphatic rings. The Morgan fingerprint density at radius 1 is 1.09 bits per heavy atom. The Balaban J connectivity index is 0.00000204. The highest BCUT2D eigenvalue weighted by molar-refractivity contribution is 6.30. The van der Waals surface area contributed by atoms with Gasteiger partial charge in [-0.05, 0) is 54.8 Å². The summed E-state index contributed by atoms with van der Waals surface area (Å²) in [5.41, 5.74) is 8.48. The molecule has 0 aliphatic heterocycles. The number of rotatable bonds is 5. The summed E-state index contributed by atoms with van der Waals surface area (Å²) in [6, 6.07) is 13.3. The molecule has 0 unspecified atom stereocenters. The number of halogens is 3. The summed E-state index contributed by atoms with van der Waals surface area (Å²) in [7, 11) is 1.64. The number of aromatic nitrogens is 2. The van der Waals surface area contributed by atoms with Gasteiger partial charge in [0.25, 0.3) is 0 Å². The predicted octanol–water partition coefficient (Wildman–Crippen LogP) is 5.40. The van der Waals surface area contributed by atoms with Gasteiger partial charge in [-0.15, -0.1) is 24.8 Å². The van der Waals surface area contributed by atoms with Crippen molar-refractivity contribution < 1.29 is 4.74 Å².